The van der Waals surface area contributed by atoms with Gasteiger partial charge in [0, 0.05) is 42.2 Å². The molecule has 1 N–H and O–H groups in total. The van der Waals surface area contributed by atoms with E-state index in [0.29, 0.717) is 0 Å². The molecule has 2 atom stereocenters. The van der Waals surface area contributed by atoms with E-state index in [-0.39, 0.29) is 36.1 Å². The van der Waals surface area contributed by atoms with Gasteiger partial charge in [-0.1, -0.05) is 6.92 Å². The second-order valence-corrected chi connectivity index (χ2v) is 6.34. The Morgan fingerprint density at radius 1 is 1.48 bits per heavy atom. The predicted octanol–water partition coefficient (Wildman–Crippen LogP) is 2.80. The van der Waals surface area contributed by atoms with Gasteiger partial charge in [-0.05, 0) is 31.2 Å². The van der Waals surface area contributed by atoms with Gasteiger partial charge < -0.3 is 10.2 Å². The fourth-order valence-corrected chi connectivity index (χ4v) is 3.19. The molecule has 0 spiro atoms. The Hall–Kier alpha value is -0.780. The van der Waals surface area contributed by atoms with E-state index >= 15 is 0 Å². The third-order valence-corrected chi connectivity index (χ3v) is 4.79. The van der Waals surface area contributed by atoms with Crippen molar-refractivity contribution in [2.24, 2.45) is 5.92 Å². The molecule has 2 rings (SSSR count). The van der Waals surface area contributed by atoms with Gasteiger partial charge in [0.05, 0.1) is 0 Å². The average molecular weight is 333 g/mol. The molecule has 0 bridgehead atoms. The number of carbonyl (C=O) groups excluding carboxylic acids is 1. The number of carbonyl (C=O) groups is 1. The van der Waals surface area contributed by atoms with Crippen molar-refractivity contribution in [3.63, 3.8) is 0 Å². The summed E-state index contributed by atoms with van der Waals surface area (Å²) in [4.78, 5) is 15.4. The SMILES string of the molecule is CC(CSc1ccc(F)cc1)C(=O)N1CCNCC1C.Cl. The lowest BCUT2D eigenvalue weighted by Crippen LogP contribution is -2.53. The standard InChI is InChI=1S/C15H21FN2OS.ClH/c1-11(10-20-14-5-3-13(16)4-6-14)15(19)18-8-7-17-9-12(18)2;/h3-6,11-12,17H,7-10H2,1-2H3;1H. The number of hydrogen-bond acceptors (Lipinski definition) is 3. The number of benzene rings is 1. The first-order valence-corrected chi connectivity index (χ1v) is 7.96. The molecule has 1 fully saturated rings. The van der Waals surface area contributed by atoms with E-state index in [1.807, 2.05) is 11.8 Å². The van der Waals surface area contributed by atoms with E-state index < -0.39 is 0 Å². The summed E-state index contributed by atoms with van der Waals surface area (Å²) < 4.78 is 12.8. The smallest absolute Gasteiger partial charge is 0.226 e. The summed E-state index contributed by atoms with van der Waals surface area (Å²) >= 11 is 1.60. The number of piperazine rings is 1. The van der Waals surface area contributed by atoms with Crippen LogP contribution < -0.4 is 5.32 Å². The molecule has 2 unspecified atom stereocenters. The second-order valence-electron chi connectivity index (χ2n) is 5.25. The number of hydrogen-bond donors (Lipinski definition) is 1. The lowest BCUT2D eigenvalue weighted by molar-refractivity contribution is -0.137. The van der Waals surface area contributed by atoms with Gasteiger partial charge in [-0.3, -0.25) is 4.79 Å². The molecule has 0 saturated carbocycles. The average Bonchev–Trinajstić information content (AvgIpc) is 2.46. The number of nitrogens with zero attached hydrogens (tertiary/aromatic N) is 1. The number of nitrogens with one attached hydrogen (secondary N) is 1. The molecule has 0 aromatic heterocycles. The molecule has 1 aliphatic heterocycles. The lowest BCUT2D eigenvalue weighted by Gasteiger charge is -2.35. The van der Waals surface area contributed by atoms with Crippen LogP contribution in [-0.4, -0.2) is 42.2 Å². The Morgan fingerprint density at radius 3 is 2.76 bits per heavy atom. The van der Waals surface area contributed by atoms with Crippen LogP contribution in [0.15, 0.2) is 29.2 Å². The van der Waals surface area contributed by atoms with Crippen molar-refractivity contribution in [1.29, 1.82) is 0 Å². The number of thioether (sulfide) groups is 1. The molecule has 1 heterocycles. The van der Waals surface area contributed by atoms with E-state index in [1.165, 1.54) is 12.1 Å². The van der Waals surface area contributed by atoms with Crippen LogP contribution in [0.3, 0.4) is 0 Å². The molecule has 1 aliphatic rings. The van der Waals surface area contributed by atoms with E-state index in [0.717, 1.165) is 30.3 Å². The molecule has 1 amide bonds. The molecule has 3 nitrogen and oxygen atoms in total. The largest absolute Gasteiger partial charge is 0.337 e. The molecular formula is C15H22ClFN2OS. The summed E-state index contributed by atoms with van der Waals surface area (Å²) in [5, 5.41) is 3.29. The highest BCUT2D eigenvalue weighted by atomic mass is 35.5. The Balaban J connectivity index is 0.00000220. The maximum absolute atomic E-state index is 12.8. The van der Waals surface area contributed by atoms with Crippen LogP contribution in [0.5, 0.6) is 0 Å². The summed E-state index contributed by atoms with van der Waals surface area (Å²) in [5.74, 6) is 0.688. The van der Waals surface area contributed by atoms with Crippen molar-refractivity contribution >= 4 is 30.1 Å². The van der Waals surface area contributed by atoms with Crippen LogP contribution in [0, 0.1) is 11.7 Å². The predicted molar refractivity (Wildman–Crippen MR) is 87.6 cm³/mol. The fraction of sp³-hybridized carbons (Fsp3) is 0.533. The topological polar surface area (TPSA) is 32.3 Å². The summed E-state index contributed by atoms with van der Waals surface area (Å²) in [6.07, 6.45) is 0. The summed E-state index contributed by atoms with van der Waals surface area (Å²) in [5.41, 5.74) is 0. The van der Waals surface area contributed by atoms with Gasteiger partial charge in [0.15, 0.2) is 0 Å². The second kappa shape index (κ2) is 8.61. The Labute approximate surface area is 136 Å². The summed E-state index contributed by atoms with van der Waals surface area (Å²) in [7, 11) is 0. The van der Waals surface area contributed by atoms with Crippen LogP contribution in [0.25, 0.3) is 0 Å². The van der Waals surface area contributed by atoms with Crippen molar-refractivity contribution in [2.75, 3.05) is 25.4 Å². The molecule has 1 aromatic carbocycles. The zero-order valence-electron chi connectivity index (χ0n) is 12.3. The van der Waals surface area contributed by atoms with Gasteiger partial charge in [-0.2, -0.15) is 0 Å². The molecule has 21 heavy (non-hydrogen) atoms. The first kappa shape index (κ1) is 18.3. The molecule has 1 aromatic rings. The van der Waals surface area contributed by atoms with E-state index in [9.17, 15) is 9.18 Å². The summed E-state index contributed by atoms with van der Waals surface area (Å²) in [6, 6.07) is 6.67. The normalized spacial score (nSPS) is 19.8. The Bertz CT molecular complexity index is 457. The van der Waals surface area contributed by atoms with Crippen LogP contribution >= 0.6 is 24.2 Å². The summed E-state index contributed by atoms with van der Waals surface area (Å²) in [6.45, 7) is 6.56. The number of halogens is 2. The highest BCUT2D eigenvalue weighted by Crippen LogP contribution is 2.22. The fourth-order valence-electron chi connectivity index (χ4n) is 2.27. The maximum Gasteiger partial charge on any atom is 0.226 e. The minimum Gasteiger partial charge on any atom is -0.337 e. The van der Waals surface area contributed by atoms with Gasteiger partial charge in [0.2, 0.25) is 5.91 Å². The zero-order chi connectivity index (χ0) is 14.5. The first-order valence-electron chi connectivity index (χ1n) is 6.97. The quantitative estimate of drug-likeness (QED) is 0.861. The molecule has 1 saturated heterocycles. The van der Waals surface area contributed by atoms with Gasteiger partial charge in [-0.15, -0.1) is 24.2 Å². The molecule has 118 valence electrons. The third-order valence-electron chi connectivity index (χ3n) is 3.52. The van der Waals surface area contributed by atoms with Crippen molar-refractivity contribution in [3.8, 4) is 0 Å². The molecule has 0 aliphatic carbocycles. The van der Waals surface area contributed by atoms with Crippen LogP contribution in [-0.2, 0) is 4.79 Å². The van der Waals surface area contributed by atoms with Gasteiger partial charge in [0.25, 0.3) is 0 Å². The van der Waals surface area contributed by atoms with Gasteiger partial charge >= 0.3 is 0 Å². The lowest BCUT2D eigenvalue weighted by atomic mass is 10.1. The van der Waals surface area contributed by atoms with Crippen LogP contribution in [0.1, 0.15) is 13.8 Å². The van der Waals surface area contributed by atoms with Crippen molar-refractivity contribution in [1.82, 2.24) is 10.2 Å². The zero-order valence-corrected chi connectivity index (χ0v) is 14.0. The first-order chi connectivity index (χ1) is 9.58. The number of amides is 1. The maximum atomic E-state index is 12.8. The third kappa shape index (κ3) is 5.16. The highest BCUT2D eigenvalue weighted by molar-refractivity contribution is 7.99. The molecular weight excluding hydrogens is 311 g/mol. The van der Waals surface area contributed by atoms with Crippen molar-refractivity contribution in [2.45, 2.75) is 24.8 Å². The highest BCUT2D eigenvalue weighted by Gasteiger charge is 2.26. The van der Waals surface area contributed by atoms with E-state index in [2.05, 4.69) is 12.2 Å². The minimum absolute atomic E-state index is 0. The Kier molecular flexibility index (Phi) is 7.49. The van der Waals surface area contributed by atoms with Crippen LogP contribution in [0.4, 0.5) is 4.39 Å². The van der Waals surface area contributed by atoms with Gasteiger partial charge in [0.1, 0.15) is 5.82 Å². The monoisotopic (exact) mass is 332 g/mol. The van der Waals surface area contributed by atoms with Crippen molar-refractivity contribution in [3.05, 3.63) is 30.1 Å². The van der Waals surface area contributed by atoms with E-state index in [4.69, 9.17) is 0 Å². The molecule has 6 heteroatoms. The number of rotatable bonds is 4. The van der Waals surface area contributed by atoms with Crippen molar-refractivity contribution < 1.29 is 9.18 Å². The van der Waals surface area contributed by atoms with E-state index in [1.54, 1.807) is 23.9 Å². The Morgan fingerprint density at radius 2 is 2.14 bits per heavy atom. The molecule has 0 radical (unpaired) electrons. The minimum atomic E-state index is -0.229. The van der Waals surface area contributed by atoms with Gasteiger partial charge in [-0.25, -0.2) is 4.39 Å². The van der Waals surface area contributed by atoms with Crippen LogP contribution in [0.2, 0.25) is 0 Å².